The number of benzene rings is 1. The monoisotopic (exact) mass is 427 g/mol. The van der Waals surface area contributed by atoms with Gasteiger partial charge in [-0.15, -0.1) is 11.3 Å². The molecule has 1 aromatic carbocycles. The lowest BCUT2D eigenvalue weighted by atomic mass is 9.81. The number of ether oxygens (including phenoxy) is 1. The van der Waals surface area contributed by atoms with Crippen LogP contribution >= 0.6 is 11.3 Å². The summed E-state index contributed by atoms with van der Waals surface area (Å²) >= 11 is 1.41. The number of rotatable bonds is 5. The van der Waals surface area contributed by atoms with Crippen LogP contribution in [-0.4, -0.2) is 36.0 Å². The minimum Gasteiger partial charge on any atom is -0.459 e. The summed E-state index contributed by atoms with van der Waals surface area (Å²) in [4.78, 5) is 27.0. The molecule has 1 amide bonds. The van der Waals surface area contributed by atoms with Crippen molar-refractivity contribution in [3.8, 4) is 0 Å². The number of carbonyl (C=O) groups is 2. The van der Waals surface area contributed by atoms with E-state index in [1.54, 1.807) is 38.1 Å². The predicted molar refractivity (Wildman–Crippen MR) is 121 cm³/mol. The van der Waals surface area contributed by atoms with Crippen LogP contribution in [0.2, 0.25) is 0 Å². The molecule has 3 N–H and O–H groups in total. The van der Waals surface area contributed by atoms with Gasteiger partial charge in [0.2, 0.25) is 0 Å². The Bertz CT molecular complexity index is 982. The van der Waals surface area contributed by atoms with Crippen molar-refractivity contribution in [2.45, 2.75) is 65.1 Å². The number of amides is 1. The van der Waals surface area contributed by atoms with Gasteiger partial charge < -0.3 is 20.4 Å². The lowest BCUT2D eigenvalue weighted by Crippen LogP contribution is -2.55. The number of hydrogen-bond acceptors (Lipinski definition) is 6. The third-order valence-corrected chi connectivity index (χ3v) is 6.39. The second kappa shape index (κ2) is 8.17. The van der Waals surface area contributed by atoms with Crippen molar-refractivity contribution >= 4 is 41.2 Å². The first kappa shape index (κ1) is 22.5. The number of anilines is 1. The molecule has 0 atom stereocenters. The molecule has 0 saturated heterocycles. The van der Waals surface area contributed by atoms with Crippen LogP contribution in [0.1, 0.15) is 72.7 Å². The highest BCUT2D eigenvalue weighted by Crippen LogP contribution is 2.45. The number of thiophene rings is 1. The molecule has 3 rings (SSSR count). The first-order valence-electron chi connectivity index (χ1n) is 9.99. The molecular formula is C22H28BN2O4S. The van der Waals surface area contributed by atoms with E-state index in [0.29, 0.717) is 28.0 Å². The van der Waals surface area contributed by atoms with Crippen molar-refractivity contribution in [2.24, 2.45) is 0 Å². The number of hydrogen-bond donors (Lipinski definition) is 3. The molecular weight excluding hydrogens is 399 g/mol. The van der Waals surface area contributed by atoms with Gasteiger partial charge in [-0.25, -0.2) is 4.79 Å². The number of nitrogens with one attached hydrogen (secondary N) is 2. The largest absolute Gasteiger partial charge is 0.459 e. The van der Waals surface area contributed by atoms with Crippen LogP contribution < -0.4 is 16.1 Å². The van der Waals surface area contributed by atoms with Crippen LogP contribution in [0.4, 0.5) is 5.00 Å². The van der Waals surface area contributed by atoms with Gasteiger partial charge in [-0.2, -0.15) is 0 Å². The van der Waals surface area contributed by atoms with Crippen LogP contribution in [0, 0.1) is 0 Å². The molecule has 0 bridgehead atoms. The maximum absolute atomic E-state index is 13.0. The van der Waals surface area contributed by atoms with E-state index in [0.717, 1.165) is 17.9 Å². The highest BCUT2D eigenvalue weighted by atomic mass is 32.1. The molecule has 1 aliphatic rings. The van der Waals surface area contributed by atoms with Gasteiger partial charge >= 0.3 is 13.5 Å². The average Bonchev–Trinajstić information content (AvgIpc) is 2.98. The Labute approximate surface area is 182 Å². The van der Waals surface area contributed by atoms with Crippen LogP contribution in [0.5, 0.6) is 0 Å². The fraction of sp³-hybridized carbons (Fsp3) is 0.455. The molecule has 2 heterocycles. The predicted octanol–water partition coefficient (Wildman–Crippen LogP) is 2.96. The highest BCUT2D eigenvalue weighted by Gasteiger charge is 2.42. The number of fused-ring (bicyclic) bond motifs is 1. The molecule has 0 saturated carbocycles. The second-order valence-corrected chi connectivity index (χ2v) is 10.1. The van der Waals surface area contributed by atoms with Gasteiger partial charge in [0.1, 0.15) is 5.00 Å². The summed E-state index contributed by atoms with van der Waals surface area (Å²) in [7, 11) is 0.947. The molecule has 2 aromatic rings. The molecule has 8 heteroatoms. The van der Waals surface area contributed by atoms with E-state index in [1.165, 1.54) is 11.3 Å². The van der Waals surface area contributed by atoms with E-state index >= 15 is 0 Å². The second-order valence-electron chi connectivity index (χ2n) is 9.09. The standard InChI is InChI=1S/C22H28BN2O4S/c1-12(2)29-20(27)16-15-11-21(3,4)25-22(5,6)17(15)30-19(16)24-18(26)13-8-7-9-14(10-13)23-28/h7-10,12,25,28H,11H2,1-6H3,(H,24,26). The summed E-state index contributed by atoms with van der Waals surface area (Å²) in [5.41, 5.74) is 1.71. The zero-order chi connectivity index (χ0) is 22.3. The van der Waals surface area contributed by atoms with E-state index < -0.39 is 5.97 Å². The van der Waals surface area contributed by atoms with E-state index in [9.17, 15) is 14.6 Å². The van der Waals surface area contributed by atoms with Gasteiger partial charge in [0.05, 0.1) is 11.7 Å². The molecule has 0 unspecified atom stereocenters. The van der Waals surface area contributed by atoms with Gasteiger partial charge in [-0.05, 0) is 59.6 Å². The summed E-state index contributed by atoms with van der Waals surface area (Å²) in [6.07, 6.45) is 0.381. The summed E-state index contributed by atoms with van der Waals surface area (Å²) < 4.78 is 5.52. The molecule has 6 nitrogen and oxygen atoms in total. The normalized spacial score (nSPS) is 16.7. The molecule has 1 radical (unpaired) electrons. The molecule has 159 valence electrons. The lowest BCUT2D eigenvalue weighted by Gasteiger charge is -2.42. The fourth-order valence-corrected chi connectivity index (χ4v) is 5.30. The summed E-state index contributed by atoms with van der Waals surface area (Å²) in [6, 6.07) is 6.64. The average molecular weight is 427 g/mol. The lowest BCUT2D eigenvalue weighted by molar-refractivity contribution is 0.0377. The molecule has 0 fully saturated rings. The van der Waals surface area contributed by atoms with Gasteiger partial charge in [0.25, 0.3) is 5.91 Å². The molecule has 30 heavy (non-hydrogen) atoms. The third-order valence-electron chi connectivity index (χ3n) is 4.92. The highest BCUT2D eigenvalue weighted by molar-refractivity contribution is 7.17. The van der Waals surface area contributed by atoms with Gasteiger partial charge in [0, 0.05) is 21.5 Å². The number of esters is 1. The van der Waals surface area contributed by atoms with Crippen LogP contribution in [0.3, 0.4) is 0 Å². The van der Waals surface area contributed by atoms with Crippen molar-refractivity contribution in [2.75, 3.05) is 5.32 Å². The van der Waals surface area contributed by atoms with Crippen molar-refractivity contribution in [3.63, 3.8) is 0 Å². The number of carbonyl (C=O) groups excluding carboxylic acids is 2. The van der Waals surface area contributed by atoms with E-state index in [-0.39, 0.29) is 23.1 Å². The smallest absolute Gasteiger partial charge is 0.341 e. The van der Waals surface area contributed by atoms with E-state index in [1.807, 2.05) is 0 Å². The van der Waals surface area contributed by atoms with Crippen molar-refractivity contribution < 1.29 is 19.3 Å². The topological polar surface area (TPSA) is 87.7 Å². The Morgan fingerprint density at radius 1 is 1.27 bits per heavy atom. The Hall–Kier alpha value is -2.16. The van der Waals surface area contributed by atoms with Crippen LogP contribution in [-0.2, 0) is 16.7 Å². The maximum atomic E-state index is 13.0. The van der Waals surface area contributed by atoms with Gasteiger partial charge in [0.15, 0.2) is 0 Å². The first-order chi connectivity index (χ1) is 13.9. The van der Waals surface area contributed by atoms with Crippen LogP contribution in [0.25, 0.3) is 0 Å². The Kier molecular flexibility index (Phi) is 6.14. The SMILES string of the molecule is CC(C)OC(=O)c1c(NC(=O)c2cccc([B]O)c2)sc2c1CC(C)(C)NC2(C)C. The molecule has 1 aliphatic heterocycles. The Morgan fingerprint density at radius 2 is 1.97 bits per heavy atom. The summed E-state index contributed by atoms with van der Waals surface area (Å²) in [5.74, 6) is -0.773. The van der Waals surface area contributed by atoms with E-state index in [2.05, 4.69) is 38.3 Å². The minimum absolute atomic E-state index is 0.211. The maximum Gasteiger partial charge on any atom is 0.341 e. The molecule has 0 spiro atoms. The van der Waals surface area contributed by atoms with E-state index in [4.69, 9.17) is 4.74 Å². The fourth-order valence-electron chi connectivity index (χ4n) is 4.04. The van der Waals surface area contributed by atoms with Gasteiger partial charge in [-0.3, -0.25) is 4.79 Å². The zero-order valence-corrected chi connectivity index (χ0v) is 19.1. The van der Waals surface area contributed by atoms with Crippen molar-refractivity contribution in [3.05, 3.63) is 45.8 Å². The van der Waals surface area contributed by atoms with Crippen molar-refractivity contribution in [1.29, 1.82) is 0 Å². The minimum atomic E-state index is -0.427. The van der Waals surface area contributed by atoms with Gasteiger partial charge in [-0.1, -0.05) is 23.7 Å². The van der Waals surface area contributed by atoms with Crippen LogP contribution in [0.15, 0.2) is 24.3 Å². The third kappa shape index (κ3) is 4.61. The molecule has 1 aromatic heterocycles. The Morgan fingerprint density at radius 3 is 2.60 bits per heavy atom. The quantitative estimate of drug-likeness (QED) is 0.505. The molecule has 0 aliphatic carbocycles. The summed E-state index contributed by atoms with van der Waals surface area (Å²) in [5, 5.41) is 16.2. The van der Waals surface area contributed by atoms with Crippen molar-refractivity contribution in [1.82, 2.24) is 5.32 Å². The first-order valence-corrected chi connectivity index (χ1v) is 10.8. The Balaban J connectivity index is 2.06. The zero-order valence-electron chi connectivity index (χ0n) is 18.3. The summed E-state index contributed by atoms with van der Waals surface area (Å²) in [6.45, 7) is 12.0.